The molecule has 0 aliphatic rings. The van der Waals surface area contributed by atoms with Crippen LogP contribution in [-0.4, -0.2) is 41.5 Å². The molecule has 20 heavy (non-hydrogen) atoms. The lowest BCUT2D eigenvalue weighted by atomic mass is 10.3. The van der Waals surface area contributed by atoms with Crippen molar-refractivity contribution in [2.45, 2.75) is 20.0 Å². The molecular weight excluding hydrogens is 315 g/mol. The number of nitrogens with one attached hydrogen (secondary N) is 3. The van der Waals surface area contributed by atoms with Gasteiger partial charge in [0, 0.05) is 7.05 Å². The number of hydrazone groups is 2. The molecule has 0 aromatic heterocycles. The summed E-state index contributed by atoms with van der Waals surface area (Å²) in [4.78, 5) is 0. The normalized spacial score (nSPS) is 12.7. The summed E-state index contributed by atoms with van der Waals surface area (Å²) in [6, 6.07) is 0. The molecule has 0 radical (unpaired) electrons. The van der Waals surface area contributed by atoms with Crippen molar-refractivity contribution >= 4 is 46.1 Å². The second kappa shape index (κ2) is 8.64. The van der Waals surface area contributed by atoms with E-state index in [0.29, 0.717) is 16.5 Å². The summed E-state index contributed by atoms with van der Waals surface area (Å²) >= 11 is 9.33. The maximum absolute atomic E-state index is 11.9. The van der Waals surface area contributed by atoms with Crippen LogP contribution in [0.2, 0.25) is 0 Å². The van der Waals surface area contributed by atoms with Crippen LogP contribution in [0.5, 0.6) is 0 Å². The van der Waals surface area contributed by atoms with Crippen molar-refractivity contribution in [1.82, 2.24) is 16.2 Å². The zero-order chi connectivity index (χ0) is 15.8. The van der Waals surface area contributed by atoms with Gasteiger partial charge in [0.25, 0.3) is 5.17 Å². The van der Waals surface area contributed by atoms with Gasteiger partial charge in [-0.15, -0.1) is 0 Å². The van der Waals surface area contributed by atoms with Gasteiger partial charge in [0.05, 0.1) is 11.4 Å². The molecule has 0 saturated carbocycles. The molecule has 0 heterocycles. The molecule has 0 spiro atoms. The summed E-state index contributed by atoms with van der Waals surface area (Å²) < 4.78 is 39.8. The fourth-order valence-electron chi connectivity index (χ4n) is 0.661. The predicted octanol–water partition coefficient (Wildman–Crippen LogP) is 1.29. The Balaban J connectivity index is 4.30. The molecule has 0 atom stereocenters. The van der Waals surface area contributed by atoms with Crippen LogP contribution < -0.4 is 16.2 Å². The first-order valence-corrected chi connectivity index (χ1v) is 6.03. The van der Waals surface area contributed by atoms with E-state index in [9.17, 15) is 13.2 Å². The van der Waals surface area contributed by atoms with Crippen LogP contribution in [0, 0.1) is 0 Å². The lowest BCUT2D eigenvalue weighted by Gasteiger charge is -2.09. The molecule has 0 aromatic carbocycles. The summed E-state index contributed by atoms with van der Waals surface area (Å²) in [5, 5.41) is 10.1. The first-order chi connectivity index (χ1) is 9.15. The highest BCUT2D eigenvalue weighted by Gasteiger charge is 2.28. The van der Waals surface area contributed by atoms with Crippen molar-refractivity contribution in [3.63, 3.8) is 0 Å². The Morgan fingerprint density at radius 1 is 1.10 bits per heavy atom. The van der Waals surface area contributed by atoms with E-state index in [4.69, 9.17) is 12.2 Å². The zero-order valence-electron chi connectivity index (χ0n) is 11.0. The Hall–Kier alpha value is -1.49. The van der Waals surface area contributed by atoms with Crippen molar-refractivity contribution < 1.29 is 17.9 Å². The zero-order valence-corrected chi connectivity index (χ0v) is 12.6. The largest absolute Gasteiger partial charge is 0.460 e. The monoisotopic (exact) mass is 329 g/mol. The Bertz CT molecular complexity index is 422. The molecule has 0 fully saturated rings. The highest BCUT2D eigenvalue weighted by molar-refractivity contribution is 7.80. The lowest BCUT2D eigenvalue weighted by Crippen LogP contribution is -2.30. The summed E-state index contributed by atoms with van der Waals surface area (Å²) in [5.74, 6) is 0. The van der Waals surface area contributed by atoms with Crippen LogP contribution in [0.4, 0.5) is 13.2 Å². The smallest absolute Gasteiger partial charge is 0.422 e. The molecule has 0 unspecified atom stereocenters. The molecule has 6 nitrogen and oxygen atoms in total. The molecule has 0 aromatic rings. The molecule has 0 bridgehead atoms. The summed E-state index contributed by atoms with van der Waals surface area (Å²) in [6.45, 7) is 1.74. The quantitative estimate of drug-likeness (QED) is 0.410. The number of halogens is 3. The van der Waals surface area contributed by atoms with Gasteiger partial charge in [-0.1, -0.05) is 0 Å². The minimum Gasteiger partial charge on any atom is -0.460 e. The average Bonchev–Trinajstić information content (AvgIpc) is 2.38. The van der Waals surface area contributed by atoms with Crippen molar-refractivity contribution in [2.75, 3.05) is 13.7 Å². The van der Waals surface area contributed by atoms with E-state index in [-0.39, 0.29) is 0 Å². The maximum Gasteiger partial charge on any atom is 0.422 e. The number of thiocarbonyl (C=S) groups is 2. The Morgan fingerprint density at radius 2 is 1.60 bits per heavy atom. The SMILES string of the molecule is CNC(=S)N/N=C(C)/C(C)=N/NC(=S)OCC(F)(F)F. The first kappa shape index (κ1) is 18.5. The number of ether oxygens (including phenoxy) is 1. The van der Waals surface area contributed by atoms with Crippen molar-refractivity contribution in [2.24, 2.45) is 10.2 Å². The predicted molar refractivity (Wildman–Crippen MR) is 78.8 cm³/mol. The fraction of sp³-hybridized carbons (Fsp3) is 0.556. The Kier molecular flexibility index (Phi) is 7.99. The van der Waals surface area contributed by atoms with Crippen LogP contribution in [0.3, 0.4) is 0 Å². The molecule has 0 amide bonds. The average molecular weight is 329 g/mol. The molecule has 0 aliphatic heterocycles. The number of alkyl halides is 3. The van der Waals surface area contributed by atoms with Gasteiger partial charge in [0.15, 0.2) is 11.7 Å². The van der Waals surface area contributed by atoms with Crippen LogP contribution in [0.1, 0.15) is 13.8 Å². The molecule has 0 aliphatic carbocycles. The van der Waals surface area contributed by atoms with E-state index < -0.39 is 18.0 Å². The Labute approximate surface area is 124 Å². The Morgan fingerprint density at radius 3 is 2.05 bits per heavy atom. The molecule has 11 heteroatoms. The van der Waals surface area contributed by atoms with Gasteiger partial charge in [0.2, 0.25) is 0 Å². The summed E-state index contributed by atoms with van der Waals surface area (Å²) in [6.07, 6.45) is -4.45. The van der Waals surface area contributed by atoms with Gasteiger partial charge in [0.1, 0.15) is 0 Å². The van der Waals surface area contributed by atoms with E-state index in [1.54, 1.807) is 20.9 Å². The lowest BCUT2D eigenvalue weighted by molar-refractivity contribution is -0.156. The standard InChI is InChI=1S/C9H14F3N5OS2/c1-5(14-16-7(19)13-3)6(2)15-17-8(20)18-4-9(10,11)12/h4H2,1-3H3,(H,17,20)(H2,13,16,19)/b14-5+,15-6+. The van der Waals surface area contributed by atoms with Gasteiger partial charge in [-0.3, -0.25) is 5.43 Å². The van der Waals surface area contributed by atoms with Crippen LogP contribution in [0.15, 0.2) is 10.2 Å². The molecule has 0 rings (SSSR count). The van der Waals surface area contributed by atoms with Crippen molar-refractivity contribution in [3.05, 3.63) is 0 Å². The third-order valence-electron chi connectivity index (χ3n) is 1.76. The minimum absolute atomic E-state index is 0.314. The number of nitrogens with zero attached hydrogens (tertiary/aromatic N) is 2. The topological polar surface area (TPSA) is 70.0 Å². The van der Waals surface area contributed by atoms with E-state index >= 15 is 0 Å². The van der Waals surface area contributed by atoms with Gasteiger partial charge < -0.3 is 10.1 Å². The van der Waals surface area contributed by atoms with Gasteiger partial charge in [-0.25, -0.2) is 5.43 Å². The minimum atomic E-state index is -4.45. The summed E-state index contributed by atoms with van der Waals surface area (Å²) in [5.41, 5.74) is 5.57. The van der Waals surface area contributed by atoms with E-state index in [1.165, 1.54) is 0 Å². The maximum atomic E-state index is 11.9. The van der Waals surface area contributed by atoms with Gasteiger partial charge in [-0.05, 0) is 38.3 Å². The molecule has 3 N–H and O–H groups in total. The van der Waals surface area contributed by atoms with Crippen LogP contribution >= 0.6 is 24.4 Å². The third-order valence-corrected chi connectivity index (χ3v) is 2.26. The second-order valence-corrected chi connectivity index (χ2v) is 4.17. The van der Waals surface area contributed by atoms with Crippen LogP contribution in [-0.2, 0) is 4.74 Å². The number of hydrogen-bond donors (Lipinski definition) is 3. The highest BCUT2D eigenvalue weighted by atomic mass is 32.1. The van der Waals surface area contributed by atoms with Crippen molar-refractivity contribution in [1.29, 1.82) is 0 Å². The second-order valence-electron chi connectivity index (χ2n) is 3.39. The number of rotatable bonds is 4. The van der Waals surface area contributed by atoms with Crippen LogP contribution in [0.25, 0.3) is 0 Å². The van der Waals surface area contributed by atoms with E-state index in [0.717, 1.165) is 0 Å². The number of hydrogen-bond acceptors (Lipinski definition) is 5. The molecular formula is C9H14F3N5OS2. The molecule has 0 saturated heterocycles. The van der Waals surface area contributed by atoms with E-state index in [2.05, 4.69) is 43.3 Å². The first-order valence-electron chi connectivity index (χ1n) is 5.22. The van der Waals surface area contributed by atoms with E-state index in [1.807, 2.05) is 0 Å². The fourth-order valence-corrected chi connectivity index (χ4v) is 0.812. The third kappa shape index (κ3) is 9.44. The molecule has 114 valence electrons. The highest BCUT2D eigenvalue weighted by Crippen LogP contribution is 2.14. The van der Waals surface area contributed by atoms with Gasteiger partial charge in [-0.2, -0.15) is 23.4 Å². The van der Waals surface area contributed by atoms with Gasteiger partial charge >= 0.3 is 6.18 Å². The van der Waals surface area contributed by atoms with Crippen molar-refractivity contribution in [3.8, 4) is 0 Å². The summed E-state index contributed by atoms with van der Waals surface area (Å²) in [7, 11) is 1.62.